The Kier molecular flexibility index (Phi) is 3.98. The minimum Gasteiger partial charge on any atom is -0.300 e. The predicted octanol–water partition coefficient (Wildman–Crippen LogP) is 4.04. The average molecular weight is 230 g/mol. The second-order valence-corrected chi connectivity index (χ2v) is 5.08. The van der Waals surface area contributed by atoms with Crippen LogP contribution in [0.25, 0.3) is 0 Å². The molecule has 0 aromatic heterocycles. The van der Waals surface area contributed by atoms with Crippen LogP contribution in [-0.2, 0) is 17.6 Å². The van der Waals surface area contributed by atoms with E-state index in [9.17, 15) is 4.79 Å². The Morgan fingerprint density at radius 1 is 1.00 bits per heavy atom. The van der Waals surface area contributed by atoms with Crippen LogP contribution in [0, 0.1) is 0 Å². The Hall–Kier alpha value is -1.11. The van der Waals surface area contributed by atoms with Gasteiger partial charge in [0.1, 0.15) is 5.78 Å². The van der Waals surface area contributed by atoms with Crippen molar-refractivity contribution in [1.82, 2.24) is 0 Å². The lowest BCUT2D eigenvalue weighted by atomic mass is 9.90. The van der Waals surface area contributed by atoms with Gasteiger partial charge in [0, 0.05) is 12.8 Å². The zero-order valence-electron chi connectivity index (χ0n) is 11.0. The van der Waals surface area contributed by atoms with Crippen LogP contribution in [0.1, 0.15) is 62.1 Å². The number of hydrogen-bond acceptors (Lipinski definition) is 1. The van der Waals surface area contributed by atoms with E-state index in [-0.39, 0.29) is 0 Å². The summed E-state index contributed by atoms with van der Waals surface area (Å²) in [6.45, 7) is 4.51. The lowest BCUT2D eigenvalue weighted by molar-refractivity contribution is -0.118. The van der Waals surface area contributed by atoms with E-state index in [0.29, 0.717) is 11.7 Å². The summed E-state index contributed by atoms with van der Waals surface area (Å²) in [5.41, 5.74) is 4.27. The van der Waals surface area contributed by atoms with Crippen molar-refractivity contribution in [1.29, 1.82) is 0 Å². The molecule has 0 heterocycles. The van der Waals surface area contributed by atoms with E-state index in [4.69, 9.17) is 0 Å². The maximum absolute atomic E-state index is 11.5. The zero-order chi connectivity index (χ0) is 12.3. The average Bonchev–Trinajstić information content (AvgIpc) is 2.53. The topological polar surface area (TPSA) is 17.1 Å². The molecule has 0 unspecified atom stereocenters. The number of fused-ring (bicyclic) bond motifs is 1. The molecule has 92 valence electrons. The summed E-state index contributed by atoms with van der Waals surface area (Å²) < 4.78 is 0. The normalized spacial score (nSPS) is 15.8. The molecule has 0 N–H and O–H groups in total. The fourth-order valence-electron chi connectivity index (χ4n) is 2.81. The maximum atomic E-state index is 11.5. The van der Waals surface area contributed by atoms with Gasteiger partial charge >= 0.3 is 0 Å². The standard InChI is InChI=1S/C16H22O/c1-3-12(4-2)14-6-5-13-7-9-16(17)10-8-15(13)11-14/h5-6,11-12H,3-4,7-10H2,1-2H3. The molecule has 0 spiro atoms. The van der Waals surface area contributed by atoms with Gasteiger partial charge in [0.05, 0.1) is 0 Å². The molecular formula is C16H22O. The van der Waals surface area contributed by atoms with Gasteiger partial charge in [-0.1, -0.05) is 32.0 Å². The number of carbonyl (C=O) groups excluding carboxylic acids is 1. The van der Waals surface area contributed by atoms with Gasteiger partial charge in [0.25, 0.3) is 0 Å². The fourth-order valence-corrected chi connectivity index (χ4v) is 2.81. The molecule has 2 rings (SSSR count). The Morgan fingerprint density at radius 2 is 1.65 bits per heavy atom. The molecule has 1 aromatic rings. The van der Waals surface area contributed by atoms with Crippen LogP contribution in [0.15, 0.2) is 18.2 Å². The van der Waals surface area contributed by atoms with Gasteiger partial charge in [-0.3, -0.25) is 4.79 Å². The van der Waals surface area contributed by atoms with Crippen molar-refractivity contribution in [3.05, 3.63) is 34.9 Å². The van der Waals surface area contributed by atoms with Crippen molar-refractivity contribution >= 4 is 5.78 Å². The molecule has 1 nitrogen and oxygen atoms in total. The molecule has 1 aliphatic carbocycles. The van der Waals surface area contributed by atoms with E-state index in [0.717, 1.165) is 25.7 Å². The molecule has 1 heteroatoms. The van der Waals surface area contributed by atoms with E-state index in [2.05, 4.69) is 32.0 Å². The third kappa shape index (κ3) is 2.77. The number of Topliss-reactive ketones (excluding diaryl/α,β-unsaturated/α-hetero) is 1. The lowest BCUT2D eigenvalue weighted by Crippen LogP contribution is -1.99. The number of rotatable bonds is 3. The Labute approximate surface area is 104 Å². The molecule has 0 aliphatic heterocycles. The van der Waals surface area contributed by atoms with Crippen molar-refractivity contribution in [3.63, 3.8) is 0 Å². The van der Waals surface area contributed by atoms with Gasteiger partial charge in [-0.2, -0.15) is 0 Å². The molecule has 1 aliphatic rings. The highest BCUT2D eigenvalue weighted by atomic mass is 16.1. The van der Waals surface area contributed by atoms with Gasteiger partial charge in [-0.25, -0.2) is 0 Å². The molecule has 0 saturated heterocycles. The summed E-state index contributed by atoms with van der Waals surface area (Å²) in [5.74, 6) is 1.10. The van der Waals surface area contributed by atoms with Gasteiger partial charge in [0.15, 0.2) is 0 Å². The first-order chi connectivity index (χ1) is 8.24. The molecule has 1 aromatic carbocycles. The van der Waals surface area contributed by atoms with Crippen molar-refractivity contribution in [2.45, 2.75) is 58.3 Å². The lowest BCUT2D eigenvalue weighted by Gasteiger charge is -2.15. The van der Waals surface area contributed by atoms with E-state index >= 15 is 0 Å². The first kappa shape index (κ1) is 12.3. The van der Waals surface area contributed by atoms with Gasteiger partial charge in [-0.05, 0) is 48.3 Å². The minimum absolute atomic E-state index is 0.422. The Bertz CT molecular complexity index is 402. The van der Waals surface area contributed by atoms with E-state index < -0.39 is 0 Å². The highest BCUT2D eigenvalue weighted by Gasteiger charge is 2.15. The summed E-state index contributed by atoms with van der Waals surface area (Å²) in [7, 11) is 0. The van der Waals surface area contributed by atoms with Crippen molar-refractivity contribution < 1.29 is 4.79 Å². The first-order valence-electron chi connectivity index (χ1n) is 6.88. The molecule has 0 fully saturated rings. The zero-order valence-corrected chi connectivity index (χ0v) is 11.0. The maximum Gasteiger partial charge on any atom is 0.133 e. The highest BCUT2D eigenvalue weighted by Crippen LogP contribution is 2.27. The van der Waals surface area contributed by atoms with Gasteiger partial charge < -0.3 is 0 Å². The van der Waals surface area contributed by atoms with Crippen molar-refractivity contribution in [3.8, 4) is 0 Å². The summed E-state index contributed by atoms with van der Waals surface area (Å²) in [6.07, 6.45) is 5.76. The van der Waals surface area contributed by atoms with Crippen LogP contribution >= 0.6 is 0 Å². The monoisotopic (exact) mass is 230 g/mol. The third-order valence-corrected chi connectivity index (χ3v) is 4.03. The highest BCUT2D eigenvalue weighted by molar-refractivity contribution is 5.79. The molecule has 17 heavy (non-hydrogen) atoms. The van der Waals surface area contributed by atoms with Crippen LogP contribution in [0.3, 0.4) is 0 Å². The van der Waals surface area contributed by atoms with Crippen LogP contribution in [-0.4, -0.2) is 5.78 Å². The molecule has 0 saturated carbocycles. The van der Waals surface area contributed by atoms with Crippen LogP contribution in [0.5, 0.6) is 0 Å². The predicted molar refractivity (Wildman–Crippen MR) is 71.4 cm³/mol. The second kappa shape index (κ2) is 5.48. The Morgan fingerprint density at radius 3 is 2.29 bits per heavy atom. The van der Waals surface area contributed by atoms with Crippen LogP contribution < -0.4 is 0 Å². The van der Waals surface area contributed by atoms with E-state index in [1.165, 1.54) is 29.5 Å². The summed E-state index contributed by atoms with van der Waals surface area (Å²) in [5, 5.41) is 0. The van der Waals surface area contributed by atoms with Crippen LogP contribution in [0.4, 0.5) is 0 Å². The summed E-state index contributed by atoms with van der Waals surface area (Å²) in [4.78, 5) is 11.5. The molecular weight excluding hydrogens is 208 g/mol. The quantitative estimate of drug-likeness (QED) is 0.716. The second-order valence-electron chi connectivity index (χ2n) is 5.08. The van der Waals surface area contributed by atoms with Gasteiger partial charge in [0.2, 0.25) is 0 Å². The summed E-state index contributed by atoms with van der Waals surface area (Å²) in [6, 6.07) is 6.87. The van der Waals surface area contributed by atoms with Crippen molar-refractivity contribution in [2.24, 2.45) is 0 Å². The van der Waals surface area contributed by atoms with Crippen molar-refractivity contribution in [2.75, 3.05) is 0 Å². The third-order valence-electron chi connectivity index (χ3n) is 4.03. The molecule has 0 radical (unpaired) electrons. The largest absolute Gasteiger partial charge is 0.300 e. The number of hydrogen-bond donors (Lipinski definition) is 0. The number of ketones is 1. The Balaban J connectivity index is 2.27. The molecule has 0 atom stereocenters. The summed E-state index contributed by atoms with van der Waals surface area (Å²) >= 11 is 0. The first-order valence-corrected chi connectivity index (χ1v) is 6.88. The van der Waals surface area contributed by atoms with E-state index in [1.807, 2.05) is 0 Å². The number of carbonyl (C=O) groups is 1. The molecule has 0 amide bonds. The fraction of sp³-hybridized carbons (Fsp3) is 0.562. The van der Waals surface area contributed by atoms with Crippen LogP contribution in [0.2, 0.25) is 0 Å². The minimum atomic E-state index is 0.422. The number of benzene rings is 1. The SMILES string of the molecule is CCC(CC)c1ccc2c(c1)CCC(=O)CC2. The number of aryl methyl sites for hydroxylation is 2. The molecule has 0 bridgehead atoms. The smallest absolute Gasteiger partial charge is 0.133 e. The van der Waals surface area contributed by atoms with E-state index in [1.54, 1.807) is 0 Å². The van der Waals surface area contributed by atoms with Gasteiger partial charge in [-0.15, -0.1) is 0 Å².